The van der Waals surface area contributed by atoms with E-state index < -0.39 is 12.8 Å². The fraction of sp³-hybridized carbons (Fsp3) is 0.304. The number of aliphatic imine (C=N–C) groups is 1. The normalized spacial score (nSPS) is 12.0. The molecule has 0 aliphatic carbocycles. The van der Waals surface area contributed by atoms with Crippen LogP contribution in [-0.4, -0.2) is 37.3 Å². The van der Waals surface area contributed by atoms with Gasteiger partial charge in [0, 0.05) is 32.1 Å². The maximum Gasteiger partial charge on any atom is 0.422 e. The zero-order valence-corrected chi connectivity index (χ0v) is 17.9. The molecule has 32 heavy (non-hydrogen) atoms. The fourth-order valence-electron chi connectivity index (χ4n) is 2.83. The van der Waals surface area contributed by atoms with Crippen molar-refractivity contribution in [2.45, 2.75) is 26.1 Å². The van der Waals surface area contributed by atoms with E-state index in [1.807, 2.05) is 31.2 Å². The van der Waals surface area contributed by atoms with Crippen molar-refractivity contribution < 1.29 is 22.3 Å². The van der Waals surface area contributed by atoms with Gasteiger partial charge in [-0.05, 0) is 36.8 Å². The Balaban J connectivity index is 1.42. The van der Waals surface area contributed by atoms with Gasteiger partial charge in [-0.15, -0.1) is 0 Å². The first-order valence-corrected chi connectivity index (χ1v) is 10.1. The summed E-state index contributed by atoms with van der Waals surface area (Å²) in [5.41, 5.74) is 3.82. The molecule has 1 heterocycles. The number of hydrogen-bond acceptors (Lipinski definition) is 4. The summed E-state index contributed by atoms with van der Waals surface area (Å²) in [5, 5.41) is 6.36. The van der Waals surface area contributed by atoms with Crippen LogP contribution in [-0.2, 0) is 13.0 Å². The Morgan fingerprint density at radius 2 is 1.78 bits per heavy atom. The summed E-state index contributed by atoms with van der Waals surface area (Å²) in [7, 11) is 1.66. The lowest BCUT2D eigenvalue weighted by Gasteiger charge is -2.12. The second kappa shape index (κ2) is 10.7. The number of halogens is 3. The van der Waals surface area contributed by atoms with E-state index in [1.54, 1.807) is 25.4 Å². The highest BCUT2D eigenvalue weighted by molar-refractivity contribution is 5.79. The molecule has 1 aromatic heterocycles. The molecule has 0 saturated carbocycles. The van der Waals surface area contributed by atoms with Gasteiger partial charge in [-0.2, -0.15) is 13.2 Å². The average Bonchev–Trinajstić information content (AvgIpc) is 3.24. The smallest absolute Gasteiger partial charge is 0.422 e. The maximum absolute atomic E-state index is 12.2. The second-order valence-electron chi connectivity index (χ2n) is 7.16. The highest BCUT2D eigenvalue weighted by Gasteiger charge is 2.28. The maximum atomic E-state index is 12.2. The van der Waals surface area contributed by atoms with Gasteiger partial charge in [-0.25, -0.2) is 4.98 Å². The van der Waals surface area contributed by atoms with Crippen LogP contribution >= 0.6 is 0 Å². The van der Waals surface area contributed by atoms with Crippen LogP contribution in [0.5, 0.6) is 5.75 Å². The van der Waals surface area contributed by atoms with E-state index in [4.69, 9.17) is 9.15 Å². The molecular weight excluding hydrogens is 421 g/mol. The Kier molecular flexibility index (Phi) is 7.75. The first kappa shape index (κ1) is 23.2. The minimum atomic E-state index is -4.35. The van der Waals surface area contributed by atoms with Crippen molar-refractivity contribution in [3.8, 4) is 17.2 Å². The zero-order valence-electron chi connectivity index (χ0n) is 17.9. The first-order valence-electron chi connectivity index (χ1n) is 10.1. The van der Waals surface area contributed by atoms with E-state index in [-0.39, 0.29) is 5.75 Å². The molecule has 0 aliphatic rings. The standard InChI is InChI=1S/C23H25F3N4O2/c1-16-3-7-18(8-4-16)21-30-19(14-31-21)11-12-28-22(27-2)29-13-17-5-9-20(10-6-17)32-15-23(24,25)26/h3-10,14H,11-13,15H2,1-2H3,(H2,27,28,29). The number of benzene rings is 2. The molecule has 6 nitrogen and oxygen atoms in total. The Morgan fingerprint density at radius 3 is 2.44 bits per heavy atom. The summed E-state index contributed by atoms with van der Waals surface area (Å²) in [6.07, 6.45) is -2.05. The number of nitrogens with one attached hydrogen (secondary N) is 2. The van der Waals surface area contributed by atoms with Gasteiger partial charge >= 0.3 is 6.18 Å². The second-order valence-corrected chi connectivity index (χ2v) is 7.16. The van der Waals surface area contributed by atoms with Crippen molar-refractivity contribution in [1.29, 1.82) is 0 Å². The molecule has 170 valence electrons. The van der Waals surface area contributed by atoms with Crippen molar-refractivity contribution in [1.82, 2.24) is 15.6 Å². The van der Waals surface area contributed by atoms with Crippen molar-refractivity contribution in [3.63, 3.8) is 0 Å². The van der Waals surface area contributed by atoms with Crippen molar-refractivity contribution in [3.05, 3.63) is 71.6 Å². The third-order valence-corrected chi connectivity index (χ3v) is 4.53. The summed E-state index contributed by atoms with van der Waals surface area (Å²) in [4.78, 5) is 8.69. The fourth-order valence-corrected chi connectivity index (χ4v) is 2.83. The Labute approximate surface area is 184 Å². The van der Waals surface area contributed by atoms with Crippen LogP contribution in [0.15, 0.2) is 64.2 Å². The van der Waals surface area contributed by atoms with E-state index in [0.29, 0.717) is 31.4 Å². The third-order valence-electron chi connectivity index (χ3n) is 4.53. The molecule has 0 amide bonds. The van der Waals surface area contributed by atoms with E-state index in [9.17, 15) is 13.2 Å². The Hall–Kier alpha value is -3.49. The van der Waals surface area contributed by atoms with Gasteiger partial charge in [0.05, 0.1) is 5.69 Å². The van der Waals surface area contributed by atoms with Gasteiger partial charge in [0.15, 0.2) is 12.6 Å². The molecule has 0 saturated heterocycles. The molecule has 9 heteroatoms. The monoisotopic (exact) mass is 446 g/mol. The number of nitrogens with zero attached hydrogens (tertiary/aromatic N) is 2. The lowest BCUT2D eigenvalue weighted by molar-refractivity contribution is -0.153. The number of oxazole rings is 1. The van der Waals surface area contributed by atoms with Gasteiger partial charge in [0.1, 0.15) is 12.0 Å². The van der Waals surface area contributed by atoms with Gasteiger partial charge in [0.25, 0.3) is 0 Å². The SMILES string of the molecule is CN=C(NCCc1coc(-c2ccc(C)cc2)n1)NCc1ccc(OCC(F)(F)F)cc1. The largest absolute Gasteiger partial charge is 0.484 e. The predicted octanol–water partition coefficient (Wildman–Crippen LogP) is 4.50. The van der Waals surface area contributed by atoms with Crippen molar-refractivity contribution in [2.24, 2.45) is 4.99 Å². The van der Waals surface area contributed by atoms with E-state index in [0.717, 1.165) is 16.8 Å². The van der Waals surface area contributed by atoms with Gasteiger partial charge in [-0.3, -0.25) is 4.99 Å². The summed E-state index contributed by atoms with van der Waals surface area (Å²) in [6, 6.07) is 14.4. The van der Waals surface area contributed by atoms with Crippen LogP contribution in [0.4, 0.5) is 13.2 Å². The Morgan fingerprint density at radius 1 is 1.06 bits per heavy atom. The number of guanidine groups is 1. The molecular formula is C23H25F3N4O2. The quantitative estimate of drug-likeness (QED) is 0.394. The number of rotatable bonds is 8. The molecule has 3 rings (SSSR count). The molecule has 0 aliphatic heterocycles. The Bertz CT molecular complexity index is 1010. The van der Waals surface area contributed by atoms with E-state index >= 15 is 0 Å². The number of alkyl halides is 3. The first-order chi connectivity index (χ1) is 15.3. The van der Waals surface area contributed by atoms with E-state index in [2.05, 4.69) is 20.6 Å². The average molecular weight is 446 g/mol. The van der Waals surface area contributed by atoms with Gasteiger partial charge in [-0.1, -0.05) is 29.8 Å². The zero-order chi connectivity index (χ0) is 23.0. The molecule has 0 unspecified atom stereocenters. The van der Waals surface area contributed by atoms with Crippen molar-refractivity contribution >= 4 is 5.96 Å². The molecule has 2 aromatic carbocycles. The van der Waals surface area contributed by atoms with Crippen LogP contribution in [0.1, 0.15) is 16.8 Å². The molecule has 0 bridgehead atoms. The summed E-state index contributed by atoms with van der Waals surface area (Å²) < 4.78 is 46.9. The van der Waals surface area contributed by atoms with Gasteiger partial charge in [0.2, 0.25) is 5.89 Å². The van der Waals surface area contributed by atoms with Crippen LogP contribution in [0, 0.1) is 6.92 Å². The topological polar surface area (TPSA) is 71.7 Å². The minimum Gasteiger partial charge on any atom is -0.484 e. The number of hydrogen-bond donors (Lipinski definition) is 2. The molecule has 3 aromatic rings. The molecule has 0 fully saturated rings. The minimum absolute atomic E-state index is 0.172. The predicted molar refractivity (Wildman–Crippen MR) is 117 cm³/mol. The highest BCUT2D eigenvalue weighted by Crippen LogP contribution is 2.20. The van der Waals surface area contributed by atoms with Crippen molar-refractivity contribution in [2.75, 3.05) is 20.2 Å². The third kappa shape index (κ3) is 7.33. The summed E-state index contributed by atoms with van der Waals surface area (Å²) in [6.45, 7) is 1.78. The lowest BCUT2D eigenvalue weighted by Crippen LogP contribution is -2.37. The molecule has 2 N–H and O–H groups in total. The molecule has 0 radical (unpaired) electrons. The van der Waals surface area contributed by atoms with Gasteiger partial charge < -0.3 is 19.8 Å². The van der Waals surface area contributed by atoms with Crippen LogP contribution < -0.4 is 15.4 Å². The van der Waals surface area contributed by atoms with Crippen LogP contribution in [0.2, 0.25) is 0 Å². The van der Waals surface area contributed by atoms with Crippen LogP contribution in [0.25, 0.3) is 11.5 Å². The highest BCUT2D eigenvalue weighted by atomic mass is 19.4. The van der Waals surface area contributed by atoms with E-state index in [1.165, 1.54) is 17.7 Å². The summed E-state index contributed by atoms with van der Waals surface area (Å²) in [5.74, 6) is 1.36. The number of ether oxygens (including phenoxy) is 1. The lowest BCUT2D eigenvalue weighted by atomic mass is 10.1. The number of aryl methyl sites for hydroxylation is 1. The van der Waals surface area contributed by atoms with Crippen LogP contribution in [0.3, 0.4) is 0 Å². The number of aromatic nitrogens is 1. The summed E-state index contributed by atoms with van der Waals surface area (Å²) >= 11 is 0. The molecule has 0 atom stereocenters. The molecule has 0 spiro atoms.